The van der Waals surface area contributed by atoms with Crippen LogP contribution in [0.3, 0.4) is 0 Å². The number of aromatic nitrogens is 2. The zero-order chi connectivity index (χ0) is 17.6. The summed E-state index contributed by atoms with van der Waals surface area (Å²) in [7, 11) is 0. The fraction of sp³-hybridized carbons (Fsp3) is 0.421. The Morgan fingerprint density at radius 1 is 1.36 bits per heavy atom. The molecule has 6 nitrogen and oxygen atoms in total. The van der Waals surface area contributed by atoms with Crippen LogP contribution in [0, 0.1) is 6.92 Å². The number of ketones is 1. The fourth-order valence-corrected chi connectivity index (χ4v) is 3.75. The minimum Gasteiger partial charge on any atom is -0.484 e. The maximum atomic E-state index is 12.9. The third kappa shape index (κ3) is 2.62. The third-order valence-electron chi connectivity index (χ3n) is 5.10. The minimum atomic E-state index is -0.601. The van der Waals surface area contributed by atoms with Crippen molar-refractivity contribution in [2.45, 2.75) is 38.8 Å². The van der Waals surface area contributed by atoms with Gasteiger partial charge in [-0.05, 0) is 26.0 Å². The van der Waals surface area contributed by atoms with Crippen molar-refractivity contribution in [3.63, 3.8) is 0 Å². The van der Waals surface area contributed by atoms with Gasteiger partial charge in [0.1, 0.15) is 11.4 Å². The monoisotopic (exact) mass is 339 g/mol. The molecule has 1 spiro atoms. The van der Waals surface area contributed by atoms with E-state index in [0.717, 1.165) is 12.2 Å². The number of hydrogen-bond acceptors (Lipinski definition) is 4. The van der Waals surface area contributed by atoms with Crippen LogP contribution in [-0.2, 0) is 6.54 Å². The lowest BCUT2D eigenvalue weighted by Crippen LogP contribution is -2.45. The van der Waals surface area contributed by atoms with Crippen molar-refractivity contribution in [2.24, 2.45) is 0 Å². The van der Waals surface area contributed by atoms with Crippen LogP contribution in [0.2, 0.25) is 0 Å². The lowest BCUT2D eigenvalue weighted by Gasteiger charge is -2.34. The van der Waals surface area contributed by atoms with E-state index in [2.05, 4.69) is 5.10 Å². The number of likely N-dealkylation sites (tertiary alicyclic amines) is 1. The Hall–Kier alpha value is -2.63. The average molecular weight is 339 g/mol. The summed E-state index contributed by atoms with van der Waals surface area (Å²) in [6.07, 6.45) is 2.78. The van der Waals surface area contributed by atoms with Crippen LogP contribution in [-0.4, -0.2) is 45.1 Å². The summed E-state index contributed by atoms with van der Waals surface area (Å²) in [6.45, 7) is 5.59. The molecule has 0 N–H and O–H groups in total. The average Bonchev–Trinajstić information content (AvgIpc) is 3.18. The molecule has 0 aliphatic carbocycles. The molecule has 4 rings (SSSR count). The standard InChI is InChI=1S/C19H21N3O3/c1-3-22-11-15(13(2)20-22)18(24)21-9-8-19(12-21)10-16(23)14-6-4-5-7-17(14)25-19/h4-7,11H,3,8-10,12H2,1-2H3/t19-/m0/s1. The van der Waals surface area contributed by atoms with Crippen molar-refractivity contribution in [1.29, 1.82) is 0 Å². The van der Waals surface area contributed by atoms with Gasteiger partial charge in [-0.15, -0.1) is 0 Å². The highest BCUT2D eigenvalue weighted by molar-refractivity contribution is 6.00. The molecule has 3 heterocycles. The zero-order valence-electron chi connectivity index (χ0n) is 14.5. The summed E-state index contributed by atoms with van der Waals surface area (Å²) in [5.74, 6) is 0.679. The van der Waals surface area contributed by atoms with Gasteiger partial charge in [-0.2, -0.15) is 5.10 Å². The van der Waals surface area contributed by atoms with Crippen LogP contribution in [0.15, 0.2) is 30.5 Å². The molecule has 6 heteroatoms. The SMILES string of the molecule is CCn1cc(C(=O)N2CC[C@]3(CC(=O)c4ccccc4O3)C2)c(C)n1. The number of aryl methyl sites for hydroxylation is 2. The molecule has 1 aromatic heterocycles. The number of Topliss-reactive ketones (excluding diaryl/α,β-unsaturated/α-hetero) is 1. The number of carbonyl (C=O) groups excluding carboxylic acids is 2. The number of para-hydroxylation sites is 1. The highest BCUT2D eigenvalue weighted by Gasteiger charge is 2.47. The first-order chi connectivity index (χ1) is 12.0. The van der Waals surface area contributed by atoms with E-state index < -0.39 is 5.60 Å². The molecule has 0 saturated carbocycles. The summed E-state index contributed by atoms with van der Waals surface area (Å²) in [5, 5.41) is 4.35. The van der Waals surface area contributed by atoms with Crippen LogP contribution < -0.4 is 4.74 Å². The highest BCUT2D eigenvalue weighted by Crippen LogP contribution is 2.39. The van der Waals surface area contributed by atoms with Gasteiger partial charge in [-0.25, -0.2) is 0 Å². The number of fused-ring (bicyclic) bond motifs is 1. The van der Waals surface area contributed by atoms with Crippen molar-refractivity contribution >= 4 is 11.7 Å². The van der Waals surface area contributed by atoms with E-state index in [-0.39, 0.29) is 11.7 Å². The lowest BCUT2D eigenvalue weighted by atomic mass is 9.89. The number of amides is 1. The first-order valence-electron chi connectivity index (χ1n) is 8.66. The Morgan fingerprint density at radius 3 is 2.92 bits per heavy atom. The van der Waals surface area contributed by atoms with Gasteiger partial charge >= 0.3 is 0 Å². The van der Waals surface area contributed by atoms with Gasteiger partial charge < -0.3 is 9.64 Å². The fourth-order valence-electron chi connectivity index (χ4n) is 3.75. The summed E-state index contributed by atoms with van der Waals surface area (Å²) in [5.41, 5.74) is 1.40. The molecule has 0 radical (unpaired) electrons. The van der Waals surface area contributed by atoms with Gasteiger partial charge in [-0.1, -0.05) is 12.1 Å². The van der Waals surface area contributed by atoms with E-state index in [1.54, 1.807) is 21.8 Å². The molecule has 1 saturated heterocycles. The van der Waals surface area contributed by atoms with E-state index >= 15 is 0 Å². The number of hydrogen-bond donors (Lipinski definition) is 0. The summed E-state index contributed by atoms with van der Waals surface area (Å²) in [6, 6.07) is 7.33. The lowest BCUT2D eigenvalue weighted by molar-refractivity contribution is 0.0428. The Kier molecular flexibility index (Phi) is 3.63. The molecular weight excluding hydrogens is 318 g/mol. The molecule has 1 aromatic carbocycles. The van der Waals surface area contributed by atoms with E-state index in [4.69, 9.17) is 4.74 Å². The van der Waals surface area contributed by atoms with Crippen molar-refractivity contribution in [1.82, 2.24) is 14.7 Å². The Morgan fingerprint density at radius 2 is 2.16 bits per heavy atom. The van der Waals surface area contributed by atoms with Gasteiger partial charge in [-0.3, -0.25) is 14.3 Å². The second-order valence-electron chi connectivity index (χ2n) is 6.84. The van der Waals surface area contributed by atoms with E-state index in [1.807, 2.05) is 32.0 Å². The van der Waals surface area contributed by atoms with Gasteiger partial charge in [0.2, 0.25) is 0 Å². The van der Waals surface area contributed by atoms with Crippen molar-refractivity contribution in [3.8, 4) is 5.75 Å². The maximum Gasteiger partial charge on any atom is 0.257 e. The quantitative estimate of drug-likeness (QED) is 0.843. The molecule has 1 amide bonds. The van der Waals surface area contributed by atoms with E-state index in [0.29, 0.717) is 42.8 Å². The third-order valence-corrected chi connectivity index (χ3v) is 5.10. The van der Waals surface area contributed by atoms with Crippen molar-refractivity contribution in [2.75, 3.05) is 13.1 Å². The first kappa shape index (κ1) is 15.9. The van der Waals surface area contributed by atoms with Gasteiger partial charge in [0, 0.05) is 25.7 Å². The summed E-state index contributed by atoms with van der Waals surface area (Å²) < 4.78 is 7.96. The summed E-state index contributed by atoms with van der Waals surface area (Å²) in [4.78, 5) is 27.2. The van der Waals surface area contributed by atoms with Crippen LogP contribution in [0.25, 0.3) is 0 Å². The number of benzene rings is 1. The molecule has 1 fully saturated rings. The van der Waals surface area contributed by atoms with Gasteiger partial charge in [0.15, 0.2) is 5.78 Å². The second kappa shape index (κ2) is 5.72. The molecule has 0 unspecified atom stereocenters. The predicted molar refractivity (Wildman–Crippen MR) is 91.9 cm³/mol. The number of ether oxygens (including phenoxy) is 1. The molecule has 25 heavy (non-hydrogen) atoms. The van der Waals surface area contributed by atoms with Crippen LogP contribution in [0.4, 0.5) is 0 Å². The molecule has 2 aliphatic rings. The van der Waals surface area contributed by atoms with E-state index in [9.17, 15) is 9.59 Å². The molecular formula is C19H21N3O3. The van der Waals surface area contributed by atoms with Crippen LogP contribution in [0.5, 0.6) is 5.75 Å². The zero-order valence-corrected chi connectivity index (χ0v) is 14.5. The van der Waals surface area contributed by atoms with Crippen molar-refractivity contribution < 1.29 is 14.3 Å². The molecule has 2 aliphatic heterocycles. The largest absolute Gasteiger partial charge is 0.484 e. The normalized spacial score (nSPS) is 22.2. The summed E-state index contributed by atoms with van der Waals surface area (Å²) >= 11 is 0. The smallest absolute Gasteiger partial charge is 0.257 e. The highest BCUT2D eigenvalue weighted by atomic mass is 16.5. The van der Waals surface area contributed by atoms with Gasteiger partial charge in [0.05, 0.1) is 29.8 Å². The Bertz CT molecular complexity index is 857. The molecule has 0 bridgehead atoms. The Balaban J connectivity index is 1.56. The minimum absolute atomic E-state index is 0.0380. The number of nitrogens with zero attached hydrogens (tertiary/aromatic N) is 3. The topological polar surface area (TPSA) is 64.4 Å². The maximum absolute atomic E-state index is 12.9. The first-order valence-corrected chi connectivity index (χ1v) is 8.66. The molecule has 130 valence electrons. The Labute approximate surface area is 146 Å². The van der Waals surface area contributed by atoms with Crippen molar-refractivity contribution in [3.05, 3.63) is 47.3 Å². The number of carbonyl (C=O) groups is 2. The molecule has 2 aromatic rings. The number of rotatable bonds is 2. The molecule has 1 atom stereocenters. The van der Waals surface area contributed by atoms with Gasteiger partial charge in [0.25, 0.3) is 5.91 Å². The second-order valence-corrected chi connectivity index (χ2v) is 6.84. The van der Waals surface area contributed by atoms with Crippen LogP contribution >= 0.6 is 0 Å². The predicted octanol–water partition coefficient (Wildman–Crippen LogP) is 2.46. The van der Waals surface area contributed by atoms with Crippen LogP contribution in [0.1, 0.15) is 46.2 Å². The van der Waals surface area contributed by atoms with E-state index in [1.165, 1.54) is 0 Å².